The van der Waals surface area contributed by atoms with Crippen LogP contribution in [0.4, 0.5) is 0 Å². The molecule has 1 aliphatic carbocycles. The minimum absolute atomic E-state index is 0.0228. The fourth-order valence-electron chi connectivity index (χ4n) is 2.44. The SMILES string of the molecule is Cc1c(C(=O)O)oc2c1C(=O)/C(=C\N(C)C)C(C)C2. The van der Waals surface area contributed by atoms with Crippen LogP contribution in [0.3, 0.4) is 0 Å². The van der Waals surface area contributed by atoms with Gasteiger partial charge >= 0.3 is 5.97 Å². The molecule has 0 saturated heterocycles. The zero-order valence-corrected chi connectivity index (χ0v) is 11.5. The van der Waals surface area contributed by atoms with E-state index in [1.807, 2.05) is 25.9 Å². The van der Waals surface area contributed by atoms with Crippen LogP contribution in [-0.4, -0.2) is 35.9 Å². The van der Waals surface area contributed by atoms with Gasteiger partial charge in [-0.25, -0.2) is 4.79 Å². The number of hydrogen-bond donors (Lipinski definition) is 1. The monoisotopic (exact) mass is 263 g/mol. The van der Waals surface area contributed by atoms with Crippen LogP contribution >= 0.6 is 0 Å². The van der Waals surface area contributed by atoms with E-state index in [0.29, 0.717) is 28.9 Å². The van der Waals surface area contributed by atoms with Crippen molar-refractivity contribution in [3.63, 3.8) is 0 Å². The number of carbonyl (C=O) groups excluding carboxylic acids is 1. The van der Waals surface area contributed by atoms with E-state index in [-0.39, 0.29) is 17.5 Å². The van der Waals surface area contributed by atoms with Crippen molar-refractivity contribution in [3.05, 3.63) is 34.4 Å². The van der Waals surface area contributed by atoms with Crippen molar-refractivity contribution in [2.45, 2.75) is 20.3 Å². The van der Waals surface area contributed by atoms with E-state index in [1.165, 1.54) is 0 Å². The Hall–Kier alpha value is -2.04. The first-order chi connectivity index (χ1) is 8.82. The third-order valence-electron chi connectivity index (χ3n) is 3.32. The zero-order chi connectivity index (χ0) is 14.3. The second-order valence-electron chi connectivity index (χ2n) is 5.14. The third kappa shape index (κ3) is 2.16. The van der Waals surface area contributed by atoms with E-state index < -0.39 is 5.97 Å². The lowest BCUT2D eigenvalue weighted by Gasteiger charge is -2.22. The topological polar surface area (TPSA) is 70.7 Å². The van der Waals surface area contributed by atoms with E-state index in [2.05, 4.69) is 0 Å². The van der Waals surface area contributed by atoms with E-state index in [0.717, 1.165) is 0 Å². The Morgan fingerprint density at radius 1 is 1.47 bits per heavy atom. The maximum absolute atomic E-state index is 12.5. The van der Waals surface area contributed by atoms with Crippen molar-refractivity contribution in [1.29, 1.82) is 0 Å². The van der Waals surface area contributed by atoms with Crippen molar-refractivity contribution in [1.82, 2.24) is 4.90 Å². The first-order valence-electron chi connectivity index (χ1n) is 6.11. The minimum Gasteiger partial charge on any atom is -0.475 e. The number of rotatable bonds is 2. The van der Waals surface area contributed by atoms with Crippen LogP contribution in [0.2, 0.25) is 0 Å². The number of aromatic carboxylic acids is 1. The highest BCUT2D eigenvalue weighted by Gasteiger charge is 2.35. The smallest absolute Gasteiger partial charge is 0.372 e. The molecule has 0 fully saturated rings. The number of ketones is 1. The quantitative estimate of drug-likeness (QED) is 0.827. The molecule has 1 aromatic rings. The van der Waals surface area contributed by atoms with Gasteiger partial charge in [-0.3, -0.25) is 4.79 Å². The van der Waals surface area contributed by atoms with Gasteiger partial charge in [0.1, 0.15) is 5.76 Å². The highest BCUT2D eigenvalue weighted by atomic mass is 16.4. The van der Waals surface area contributed by atoms with Gasteiger partial charge in [0.15, 0.2) is 5.78 Å². The molecule has 0 aromatic carbocycles. The second kappa shape index (κ2) is 4.57. The molecule has 1 aromatic heterocycles. The summed E-state index contributed by atoms with van der Waals surface area (Å²) in [6, 6.07) is 0. The number of Topliss-reactive ketones (excluding diaryl/α,β-unsaturated/α-hetero) is 1. The average molecular weight is 263 g/mol. The normalized spacial score (nSPS) is 20.5. The van der Waals surface area contributed by atoms with Gasteiger partial charge in [0.05, 0.1) is 5.56 Å². The molecule has 1 unspecified atom stereocenters. The predicted molar refractivity (Wildman–Crippen MR) is 69.4 cm³/mol. The maximum atomic E-state index is 12.5. The van der Waals surface area contributed by atoms with Crippen molar-refractivity contribution in [3.8, 4) is 0 Å². The number of furan rings is 1. The molecule has 0 bridgehead atoms. The summed E-state index contributed by atoms with van der Waals surface area (Å²) >= 11 is 0. The molecule has 19 heavy (non-hydrogen) atoms. The predicted octanol–water partition coefficient (Wildman–Crippen LogP) is 2.11. The standard InChI is InChI=1S/C14H17NO4/c1-7-5-10-11(8(2)13(19-10)14(17)18)12(16)9(7)6-15(3)4/h6-7H,5H2,1-4H3,(H,17,18)/b9-6-. The molecule has 102 valence electrons. The minimum atomic E-state index is -1.13. The Bertz CT molecular complexity index is 581. The molecule has 2 rings (SSSR count). The third-order valence-corrected chi connectivity index (χ3v) is 3.32. The molecule has 0 aliphatic heterocycles. The summed E-state index contributed by atoms with van der Waals surface area (Å²) in [7, 11) is 3.71. The summed E-state index contributed by atoms with van der Waals surface area (Å²) in [4.78, 5) is 25.4. The van der Waals surface area contributed by atoms with Crippen molar-refractivity contribution in [2.75, 3.05) is 14.1 Å². The van der Waals surface area contributed by atoms with Crippen molar-refractivity contribution < 1.29 is 19.1 Å². The Balaban J connectivity index is 2.56. The van der Waals surface area contributed by atoms with Crippen LogP contribution in [0.25, 0.3) is 0 Å². The Labute approximate surface area is 111 Å². The van der Waals surface area contributed by atoms with Gasteiger partial charge in [0.25, 0.3) is 0 Å². The average Bonchev–Trinajstić information content (AvgIpc) is 2.61. The second-order valence-corrected chi connectivity index (χ2v) is 5.14. The summed E-state index contributed by atoms with van der Waals surface area (Å²) in [6.45, 7) is 3.56. The molecule has 1 aliphatic rings. The van der Waals surface area contributed by atoms with E-state index in [1.54, 1.807) is 13.1 Å². The van der Waals surface area contributed by atoms with Crippen LogP contribution in [-0.2, 0) is 6.42 Å². The van der Waals surface area contributed by atoms with Gasteiger partial charge < -0.3 is 14.4 Å². The molecule has 5 nitrogen and oxygen atoms in total. The van der Waals surface area contributed by atoms with Gasteiger partial charge in [-0.15, -0.1) is 0 Å². The van der Waals surface area contributed by atoms with Crippen LogP contribution in [0, 0.1) is 12.8 Å². The van der Waals surface area contributed by atoms with E-state index in [9.17, 15) is 9.59 Å². The molecule has 0 spiro atoms. The van der Waals surface area contributed by atoms with Gasteiger partial charge in [-0.1, -0.05) is 6.92 Å². The molecule has 1 atom stereocenters. The molecule has 1 heterocycles. The molecule has 1 N–H and O–H groups in total. The molecular weight excluding hydrogens is 246 g/mol. The fraction of sp³-hybridized carbons (Fsp3) is 0.429. The highest BCUT2D eigenvalue weighted by Crippen LogP contribution is 2.34. The van der Waals surface area contributed by atoms with Crippen LogP contribution < -0.4 is 0 Å². The Morgan fingerprint density at radius 2 is 2.11 bits per heavy atom. The maximum Gasteiger partial charge on any atom is 0.372 e. The lowest BCUT2D eigenvalue weighted by atomic mass is 9.82. The van der Waals surface area contributed by atoms with Crippen molar-refractivity contribution >= 4 is 11.8 Å². The number of nitrogens with zero attached hydrogens (tertiary/aromatic N) is 1. The summed E-state index contributed by atoms with van der Waals surface area (Å²) in [5.41, 5.74) is 1.53. The lowest BCUT2D eigenvalue weighted by molar-refractivity contribution is 0.0658. The van der Waals surface area contributed by atoms with Crippen LogP contribution in [0.1, 0.15) is 39.2 Å². The van der Waals surface area contributed by atoms with Crippen LogP contribution in [0.15, 0.2) is 16.2 Å². The highest BCUT2D eigenvalue weighted by molar-refractivity contribution is 6.12. The van der Waals surface area contributed by atoms with Gasteiger partial charge in [0, 0.05) is 37.9 Å². The zero-order valence-electron chi connectivity index (χ0n) is 11.5. The first kappa shape index (κ1) is 13.4. The number of carbonyl (C=O) groups is 2. The number of hydrogen-bond acceptors (Lipinski definition) is 4. The summed E-state index contributed by atoms with van der Waals surface area (Å²) < 4.78 is 5.33. The largest absolute Gasteiger partial charge is 0.475 e. The van der Waals surface area contributed by atoms with Gasteiger partial charge in [0.2, 0.25) is 5.76 Å². The molecule has 5 heteroatoms. The Kier molecular flexibility index (Phi) is 3.22. The summed E-state index contributed by atoms with van der Waals surface area (Å²) in [5, 5.41) is 9.05. The van der Waals surface area contributed by atoms with Crippen LogP contribution in [0.5, 0.6) is 0 Å². The number of carboxylic acids is 1. The summed E-state index contributed by atoms with van der Waals surface area (Å²) in [6.07, 6.45) is 2.34. The van der Waals surface area contributed by atoms with E-state index in [4.69, 9.17) is 9.52 Å². The number of fused-ring (bicyclic) bond motifs is 1. The number of allylic oxidation sites excluding steroid dienone is 1. The molecular formula is C14H17NO4. The van der Waals surface area contributed by atoms with Crippen molar-refractivity contribution in [2.24, 2.45) is 5.92 Å². The molecule has 0 radical (unpaired) electrons. The number of carboxylic acid groups (broad SMARTS) is 1. The summed E-state index contributed by atoms with van der Waals surface area (Å²) in [5.74, 6) is -0.878. The fourth-order valence-corrected chi connectivity index (χ4v) is 2.44. The first-order valence-corrected chi connectivity index (χ1v) is 6.11. The van der Waals surface area contributed by atoms with Gasteiger partial charge in [-0.05, 0) is 12.8 Å². The lowest BCUT2D eigenvalue weighted by Crippen LogP contribution is -2.23. The Morgan fingerprint density at radius 3 is 2.63 bits per heavy atom. The van der Waals surface area contributed by atoms with E-state index >= 15 is 0 Å². The molecule has 0 saturated carbocycles. The van der Waals surface area contributed by atoms with Gasteiger partial charge in [-0.2, -0.15) is 0 Å². The molecule has 0 amide bonds.